The molecule has 0 unspecified atom stereocenters. The Hall–Kier alpha value is -2.46. The van der Waals surface area contributed by atoms with Crippen LogP contribution >= 0.6 is 0 Å². The molecule has 0 aliphatic carbocycles. The maximum Gasteiger partial charge on any atom is 0.224 e. The Bertz CT molecular complexity index is 597. The van der Waals surface area contributed by atoms with E-state index in [1.54, 1.807) is 0 Å². The standard InChI is InChI=1S/C12H13N5O/c13-17-16-6-5-14-12(18)7-9-8-15-11-4-2-1-3-10(9)11/h1-4,8,15H,5-7H2,(H,14,18). The van der Waals surface area contributed by atoms with Crippen LogP contribution in [0.4, 0.5) is 0 Å². The van der Waals surface area contributed by atoms with Crippen molar-refractivity contribution in [3.8, 4) is 0 Å². The fourth-order valence-corrected chi connectivity index (χ4v) is 1.80. The van der Waals surface area contributed by atoms with Crippen molar-refractivity contribution in [1.29, 1.82) is 0 Å². The number of para-hydroxylation sites is 1. The van der Waals surface area contributed by atoms with Gasteiger partial charge in [0.1, 0.15) is 0 Å². The lowest BCUT2D eigenvalue weighted by Crippen LogP contribution is -2.27. The molecule has 1 aromatic heterocycles. The predicted molar refractivity (Wildman–Crippen MR) is 69.0 cm³/mol. The van der Waals surface area contributed by atoms with Crippen molar-refractivity contribution in [2.24, 2.45) is 5.11 Å². The number of aromatic nitrogens is 1. The van der Waals surface area contributed by atoms with Gasteiger partial charge < -0.3 is 10.3 Å². The molecular formula is C12H13N5O. The molecule has 1 heterocycles. The van der Waals surface area contributed by atoms with Crippen molar-refractivity contribution < 1.29 is 4.79 Å². The summed E-state index contributed by atoms with van der Waals surface area (Å²) in [6, 6.07) is 7.84. The Balaban J connectivity index is 1.96. The Kier molecular flexibility index (Phi) is 3.83. The second kappa shape index (κ2) is 5.75. The van der Waals surface area contributed by atoms with Crippen molar-refractivity contribution in [3.63, 3.8) is 0 Å². The molecule has 0 saturated heterocycles. The van der Waals surface area contributed by atoms with E-state index in [0.717, 1.165) is 16.5 Å². The van der Waals surface area contributed by atoms with Gasteiger partial charge in [-0.25, -0.2) is 0 Å². The summed E-state index contributed by atoms with van der Waals surface area (Å²) in [5.74, 6) is -0.0760. The Morgan fingerprint density at radius 1 is 1.44 bits per heavy atom. The number of azide groups is 1. The quantitative estimate of drug-likeness (QED) is 0.358. The van der Waals surface area contributed by atoms with E-state index in [1.807, 2.05) is 30.5 Å². The van der Waals surface area contributed by atoms with Gasteiger partial charge in [0.05, 0.1) is 6.42 Å². The molecular weight excluding hydrogens is 230 g/mol. The zero-order valence-corrected chi connectivity index (χ0v) is 9.76. The van der Waals surface area contributed by atoms with Crippen LogP contribution in [-0.4, -0.2) is 24.0 Å². The Labute approximate surface area is 104 Å². The molecule has 92 valence electrons. The highest BCUT2D eigenvalue weighted by atomic mass is 16.1. The normalized spacial score (nSPS) is 10.0. The zero-order chi connectivity index (χ0) is 12.8. The van der Waals surface area contributed by atoms with Gasteiger partial charge in [0.2, 0.25) is 5.91 Å². The molecule has 0 atom stereocenters. The number of amides is 1. The topological polar surface area (TPSA) is 93.7 Å². The number of benzene rings is 1. The van der Waals surface area contributed by atoms with Crippen LogP contribution in [0, 0.1) is 0 Å². The largest absolute Gasteiger partial charge is 0.361 e. The molecule has 1 amide bonds. The molecule has 0 aliphatic rings. The van der Waals surface area contributed by atoms with Crippen LogP contribution in [0.3, 0.4) is 0 Å². The highest BCUT2D eigenvalue weighted by Crippen LogP contribution is 2.17. The first-order valence-electron chi connectivity index (χ1n) is 5.64. The highest BCUT2D eigenvalue weighted by Gasteiger charge is 2.07. The smallest absolute Gasteiger partial charge is 0.224 e. The minimum atomic E-state index is -0.0760. The van der Waals surface area contributed by atoms with E-state index in [2.05, 4.69) is 20.3 Å². The van der Waals surface area contributed by atoms with Gasteiger partial charge in [0.25, 0.3) is 0 Å². The van der Waals surface area contributed by atoms with Crippen LogP contribution in [0.2, 0.25) is 0 Å². The van der Waals surface area contributed by atoms with Crippen molar-refractivity contribution in [3.05, 3.63) is 46.5 Å². The SMILES string of the molecule is [N-]=[N+]=NCCNC(=O)Cc1c[nH]c2ccccc12. The molecule has 0 radical (unpaired) electrons. The number of hydrogen-bond donors (Lipinski definition) is 2. The summed E-state index contributed by atoms with van der Waals surface area (Å²) in [5.41, 5.74) is 10.1. The number of nitrogens with zero attached hydrogens (tertiary/aromatic N) is 3. The van der Waals surface area contributed by atoms with Crippen LogP contribution in [0.1, 0.15) is 5.56 Å². The van der Waals surface area contributed by atoms with Crippen LogP contribution in [-0.2, 0) is 11.2 Å². The minimum absolute atomic E-state index is 0.0760. The Morgan fingerprint density at radius 2 is 2.28 bits per heavy atom. The maximum absolute atomic E-state index is 11.7. The number of aromatic amines is 1. The van der Waals surface area contributed by atoms with Crippen molar-refractivity contribution in [2.75, 3.05) is 13.1 Å². The summed E-state index contributed by atoms with van der Waals surface area (Å²) in [6.45, 7) is 0.640. The van der Waals surface area contributed by atoms with Crippen LogP contribution in [0.25, 0.3) is 21.3 Å². The fourth-order valence-electron chi connectivity index (χ4n) is 1.80. The molecule has 2 rings (SSSR count). The van der Waals surface area contributed by atoms with Gasteiger partial charge in [-0.2, -0.15) is 0 Å². The number of H-pyrrole nitrogens is 1. The second-order valence-electron chi connectivity index (χ2n) is 3.84. The number of fused-ring (bicyclic) bond motifs is 1. The van der Waals surface area contributed by atoms with Gasteiger partial charge in [-0.1, -0.05) is 23.3 Å². The van der Waals surface area contributed by atoms with E-state index in [0.29, 0.717) is 13.0 Å². The highest BCUT2D eigenvalue weighted by molar-refractivity contribution is 5.88. The number of rotatable bonds is 5. The first kappa shape index (κ1) is 12.0. The molecule has 6 nitrogen and oxygen atoms in total. The monoisotopic (exact) mass is 243 g/mol. The lowest BCUT2D eigenvalue weighted by molar-refractivity contribution is -0.120. The van der Waals surface area contributed by atoms with Crippen molar-refractivity contribution >= 4 is 16.8 Å². The summed E-state index contributed by atoms with van der Waals surface area (Å²) >= 11 is 0. The third kappa shape index (κ3) is 2.81. The van der Waals surface area contributed by atoms with Crippen molar-refractivity contribution in [2.45, 2.75) is 6.42 Å². The Morgan fingerprint density at radius 3 is 3.11 bits per heavy atom. The van der Waals surface area contributed by atoms with Gasteiger partial charge >= 0.3 is 0 Å². The summed E-state index contributed by atoms with van der Waals surface area (Å²) in [5, 5.41) is 7.11. The van der Waals surface area contributed by atoms with E-state index in [9.17, 15) is 4.79 Å². The average molecular weight is 243 g/mol. The molecule has 0 bridgehead atoms. The molecule has 18 heavy (non-hydrogen) atoms. The van der Waals surface area contributed by atoms with Crippen LogP contribution < -0.4 is 5.32 Å². The van der Waals surface area contributed by atoms with Gasteiger partial charge in [0, 0.05) is 35.1 Å². The van der Waals surface area contributed by atoms with Crippen LogP contribution in [0.5, 0.6) is 0 Å². The molecule has 2 aromatic rings. The lowest BCUT2D eigenvalue weighted by atomic mass is 10.1. The van der Waals surface area contributed by atoms with Gasteiger partial charge in [-0.3, -0.25) is 4.79 Å². The molecule has 0 fully saturated rings. The fraction of sp³-hybridized carbons (Fsp3) is 0.250. The number of hydrogen-bond acceptors (Lipinski definition) is 2. The number of nitrogens with one attached hydrogen (secondary N) is 2. The average Bonchev–Trinajstić information content (AvgIpc) is 2.78. The third-order valence-electron chi connectivity index (χ3n) is 2.62. The van der Waals surface area contributed by atoms with E-state index in [4.69, 9.17) is 5.53 Å². The molecule has 0 spiro atoms. The molecule has 6 heteroatoms. The summed E-state index contributed by atoms with van der Waals surface area (Å²) in [6.07, 6.45) is 2.16. The minimum Gasteiger partial charge on any atom is -0.361 e. The number of carbonyl (C=O) groups excluding carboxylic acids is 1. The molecule has 0 saturated carbocycles. The maximum atomic E-state index is 11.7. The summed E-state index contributed by atoms with van der Waals surface area (Å²) in [4.78, 5) is 17.4. The third-order valence-corrected chi connectivity index (χ3v) is 2.62. The van der Waals surface area contributed by atoms with E-state index < -0.39 is 0 Å². The number of carbonyl (C=O) groups is 1. The summed E-state index contributed by atoms with van der Waals surface area (Å²) in [7, 11) is 0. The zero-order valence-electron chi connectivity index (χ0n) is 9.76. The molecule has 2 N–H and O–H groups in total. The second-order valence-corrected chi connectivity index (χ2v) is 3.84. The molecule has 0 aliphatic heterocycles. The van der Waals surface area contributed by atoms with Gasteiger partial charge in [-0.15, -0.1) is 0 Å². The van der Waals surface area contributed by atoms with E-state index >= 15 is 0 Å². The predicted octanol–water partition coefficient (Wildman–Crippen LogP) is 2.14. The van der Waals surface area contributed by atoms with E-state index in [1.165, 1.54) is 0 Å². The van der Waals surface area contributed by atoms with E-state index in [-0.39, 0.29) is 12.5 Å². The van der Waals surface area contributed by atoms with Crippen LogP contribution in [0.15, 0.2) is 35.6 Å². The lowest BCUT2D eigenvalue weighted by Gasteiger charge is -2.02. The molecule has 1 aromatic carbocycles. The van der Waals surface area contributed by atoms with Gasteiger partial charge in [0.15, 0.2) is 0 Å². The van der Waals surface area contributed by atoms with Crippen molar-refractivity contribution in [1.82, 2.24) is 10.3 Å². The first-order valence-corrected chi connectivity index (χ1v) is 5.64. The first-order chi connectivity index (χ1) is 8.81. The summed E-state index contributed by atoms with van der Waals surface area (Å²) < 4.78 is 0. The van der Waals surface area contributed by atoms with Gasteiger partial charge in [-0.05, 0) is 17.2 Å².